The molecule has 120 valence electrons. The van der Waals surface area contributed by atoms with Gasteiger partial charge in [-0.25, -0.2) is 9.97 Å². The minimum atomic E-state index is 0.166. The Labute approximate surface area is 132 Å². The molecule has 1 saturated heterocycles. The molecule has 5 heteroatoms. The van der Waals surface area contributed by atoms with E-state index in [1.807, 2.05) is 11.8 Å². The quantitative estimate of drug-likeness (QED) is 0.932. The van der Waals surface area contributed by atoms with Crippen molar-refractivity contribution in [3.05, 3.63) is 17.6 Å². The van der Waals surface area contributed by atoms with Crippen LogP contribution in [0.5, 0.6) is 0 Å². The van der Waals surface area contributed by atoms with E-state index in [0.29, 0.717) is 12.0 Å². The highest BCUT2D eigenvalue weighted by Gasteiger charge is 2.25. The van der Waals surface area contributed by atoms with Gasteiger partial charge in [-0.3, -0.25) is 4.79 Å². The number of anilines is 1. The summed E-state index contributed by atoms with van der Waals surface area (Å²) in [6.45, 7) is 5.27. The molecule has 0 radical (unpaired) electrons. The monoisotopic (exact) mass is 302 g/mol. The van der Waals surface area contributed by atoms with Crippen molar-refractivity contribution in [2.24, 2.45) is 0 Å². The number of aromatic nitrogens is 2. The summed E-state index contributed by atoms with van der Waals surface area (Å²) >= 11 is 0. The van der Waals surface area contributed by atoms with Gasteiger partial charge in [-0.1, -0.05) is 12.8 Å². The smallest absolute Gasteiger partial charge is 0.219 e. The van der Waals surface area contributed by atoms with Gasteiger partial charge in [0.2, 0.25) is 5.91 Å². The Kier molecular flexibility index (Phi) is 4.60. The first-order valence-corrected chi connectivity index (χ1v) is 8.49. The molecule has 1 N–H and O–H groups in total. The molecule has 1 unspecified atom stereocenters. The first-order valence-electron chi connectivity index (χ1n) is 8.49. The molecule has 1 aliphatic carbocycles. The first kappa shape index (κ1) is 15.3. The summed E-state index contributed by atoms with van der Waals surface area (Å²) in [5.41, 5.74) is 1.08. The Morgan fingerprint density at radius 2 is 2.00 bits per heavy atom. The van der Waals surface area contributed by atoms with E-state index in [1.54, 1.807) is 6.92 Å². The molecular formula is C17H26N4O. The highest BCUT2D eigenvalue weighted by molar-refractivity contribution is 5.73. The number of hydrogen-bond acceptors (Lipinski definition) is 4. The predicted molar refractivity (Wildman–Crippen MR) is 86.9 cm³/mol. The number of rotatable bonds is 3. The standard InChI is InChI=1S/C17H26N4O/c1-12-18-16(14-6-5-9-21(11-14)13(2)22)10-17(19-12)20-15-7-3-4-8-15/h10,14-15H,3-9,11H2,1-2H3,(H,18,19,20). The molecule has 22 heavy (non-hydrogen) atoms. The summed E-state index contributed by atoms with van der Waals surface area (Å²) in [7, 11) is 0. The molecule has 5 nitrogen and oxygen atoms in total. The van der Waals surface area contributed by atoms with Gasteiger partial charge in [-0.05, 0) is 32.6 Å². The predicted octanol–water partition coefficient (Wildman–Crippen LogP) is 2.87. The minimum absolute atomic E-state index is 0.166. The van der Waals surface area contributed by atoms with E-state index in [-0.39, 0.29) is 5.91 Å². The lowest BCUT2D eigenvalue weighted by Crippen LogP contribution is -2.38. The van der Waals surface area contributed by atoms with Gasteiger partial charge in [0.25, 0.3) is 0 Å². The van der Waals surface area contributed by atoms with E-state index >= 15 is 0 Å². The van der Waals surface area contributed by atoms with Crippen molar-refractivity contribution in [3.8, 4) is 0 Å². The maximum Gasteiger partial charge on any atom is 0.219 e. The van der Waals surface area contributed by atoms with Gasteiger partial charge in [0.05, 0.1) is 5.69 Å². The molecule has 2 fully saturated rings. The van der Waals surface area contributed by atoms with E-state index in [2.05, 4.69) is 21.4 Å². The molecule has 1 aromatic rings. The SMILES string of the molecule is CC(=O)N1CCCC(c2cc(NC3CCCC3)nc(C)n2)C1. The number of piperidine rings is 1. The highest BCUT2D eigenvalue weighted by atomic mass is 16.2. The molecular weight excluding hydrogens is 276 g/mol. The third-order valence-corrected chi connectivity index (χ3v) is 4.85. The second kappa shape index (κ2) is 6.63. The van der Waals surface area contributed by atoms with Crippen LogP contribution in [-0.2, 0) is 4.79 Å². The Balaban J connectivity index is 1.74. The molecule has 1 saturated carbocycles. The lowest BCUT2D eigenvalue weighted by atomic mass is 9.94. The number of carbonyl (C=O) groups is 1. The largest absolute Gasteiger partial charge is 0.367 e. The summed E-state index contributed by atoms with van der Waals surface area (Å²) < 4.78 is 0. The third-order valence-electron chi connectivity index (χ3n) is 4.85. The van der Waals surface area contributed by atoms with Crippen LogP contribution in [0.25, 0.3) is 0 Å². The zero-order valence-electron chi connectivity index (χ0n) is 13.6. The van der Waals surface area contributed by atoms with Gasteiger partial charge >= 0.3 is 0 Å². The van der Waals surface area contributed by atoms with Crippen molar-refractivity contribution < 1.29 is 4.79 Å². The molecule has 1 aromatic heterocycles. The molecule has 0 bridgehead atoms. The number of hydrogen-bond donors (Lipinski definition) is 1. The third kappa shape index (κ3) is 3.57. The van der Waals surface area contributed by atoms with Crippen LogP contribution < -0.4 is 5.32 Å². The van der Waals surface area contributed by atoms with Crippen LogP contribution in [0.2, 0.25) is 0 Å². The lowest BCUT2D eigenvalue weighted by molar-refractivity contribution is -0.130. The number of amides is 1. The number of aryl methyl sites for hydroxylation is 1. The van der Waals surface area contributed by atoms with Crippen LogP contribution in [0.1, 0.15) is 62.9 Å². The fourth-order valence-electron chi connectivity index (χ4n) is 3.66. The average Bonchev–Trinajstić information content (AvgIpc) is 2.99. The zero-order valence-corrected chi connectivity index (χ0v) is 13.6. The number of carbonyl (C=O) groups excluding carboxylic acids is 1. The van der Waals surface area contributed by atoms with Crippen molar-refractivity contribution in [2.75, 3.05) is 18.4 Å². The number of nitrogens with one attached hydrogen (secondary N) is 1. The molecule has 0 spiro atoms. The Bertz CT molecular complexity index is 539. The lowest BCUT2D eigenvalue weighted by Gasteiger charge is -2.32. The second-order valence-corrected chi connectivity index (χ2v) is 6.66. The maximum atomic E-state index is 11.6. The Hall–Kier alpha value is -1.65. The van der Waals surface area contributed by atoms with Crippen LogP contribution in [0.15, 0.2) is 6.07 Å². The van der Waals surface area contributed by atoms with Crippen LogP contribution in [0, 0.1) is 6.92 Å². The Morgan fingerprint density at radius 1 is 1.23 bits per heavy atom. The van der Waals surface area contributed by atoms with Gasteiger partial charge in [-0.15, -0.1) is 0 Å². The van der Waals surface area contributed by atoms with Gasteiger partial charge in [-0.2, -0.15) is 0 Å². The van der Waals surface area contributed by atoms with Gasteiger partial charge < -0.3 is 10.2 Å². The fourth-order valence-corrected chi connectivity index (χ4v) is 3.66. The second-order valence-electron chi connectivity index (χ2n) is 6.66. The Morgan fingerprint density at radius 3 is 2.73 bits per heavy atom. The summed E-state index contributed by atoms with van der Waals surface area (Å²) in [6.07, 6.45) is 7.25. The van der Waals surface area contributed by atoms with Crippen molar-refractivity contribution >= 4 is 11.7 Å². The summed E-state index contributed by atoms with van der Waals surface area (Å²) in [4.78, 5) is 22.7. The molecule has 3 rings (SSSR count). The molecule has 1 atom stereocenters. The van der Waals surface area contributed by atoms with E-state index in [9.17, 15) is 4.79 Å². The van der Waals surface area contributed by atoms with Crippen LogP contribution in [-0.4, -0.2) is 39.9 Å². The van der Waals surface area contributed by atoms with Crippen molar-refractivity contribution in [2.45, 2.75) is 64.3 Å². The summed E-state index contributed by atoms with van der Waals surface area (Å²) in [5.74, 6) is 2.27. The zero-order chi connectivity index (χ0) is 15.5. The van der Waals surface area contributed by atoms with E-state index in [0.717, 1.165) is 43.3 Å². The summed E-state index contributed by atoms with van der Waals surface area (Å²) in [5, 5.41) is 3.56. The van der Waals surface area contributed by atoms with Gasteiger partial charge in [0.1, 0.15) is 11.6 Å². The summed E-state index contributed by atoms with van der Waals surface area (Å²) in [6, 6.07) is 2.65. The highest BCUT2D eigenvalue weighted by Crippen LogP contribution is 2.28. The van der Waals surface area contributed by atoms with E-state index in [1.165, 1.54) is 25.7 Å². The van der Waals surface area contributed by atoms with Crippen LogP contribution in [0.4, 0.5) is 5.82 Å². The van der Waals surface area contributed by atoms with Crippen molar-refractivity contribution in [1.29, 1.82) is 0 Å². The van der Waals surface area contributed by atoms with Crippen molar-refractivity contribution in [3.63, 3.8) is 0 Å². The molecule has 1 aliphatic heterocycles. The average molecular weight is 302 g/mol. The molecule has 2 aliphatic rings. The first-order chi connectivity index (χ1) is 10.6. The molecule has 0 aromatic carbocycles. The normalized spacial score (nSPS) is 22.8. The van der Waals surface area contributed by atoms with E-state index < -0.39 is 0 Å². The van der Waals surface area contributed by atoms with Crippen LogP contribution in [0.3, 0.4) is 0 Å². The van der Waals surface area contributed by atoms with Crippen molar-refractivity contribution in [1.82, 2.24) is 14.9 Å². The van der Waals surface area contributed by atoms with Gasteiger partial charge in [0, 0.05) is 38.0 Å². The topological polar surface area (TPSA) is 58.1 Å². The maximum absolute atomic E-state index is 11.6. The minimum Gasteiger partial charge on any atom is -0.367 e. The molecule has 2 heterocycles. The number of nitrogens with zero attached hydrogens (tertiary/aromatic N) is 3. The fraction of sp³-hybridized carbons (Fsp3) is 0.706. The van der Waals surface area contributed by atoms with Crippen LogP contribution >= 0.6 is 0 Å². The van der Waals surface area contributed by atoms with E-state index in [4.69, 9.17) is 0 Å². The number of likely N-dealkylation sites (tertiary alicyclic amines) is 1. The molecule has 1 amide bonds. The van der Waals surface area contributed by atoms with Gasteiger partial charge in [0.15, 0.2) is 0 Å².